The first-order chi connectivity index (χ1) is 14.0. The Hall–Kier alpha value is -3.25. The van der Waals surface area contributed by atoms with Gasteiger partial charge in [-0.25, -0.2) is 4.98 Å². The molecule has 6 nitrogen and oxygen atoms in total. The third kappa shape index (κ3) is 5.18. The van der Waals surface area contributed by atoms with Crippen LogP contribution in [0.1, 0.15) is 22.5 Å². The minimum Gasteiger partial charge on any atom is -0.383 e. The number of fused-ring (bicyclic) bond motifs is 1. The average molecular weight is 391 g/mol. The number of carbonyl (C=O) groups excluding carboxylic acids is 1. The zero-order valence-electron chi connectivity index (χ0n) is 16.9. The van der Waals surface area contributed by atoms with Crippen LogP contribution in [0, 0.1) is 13.8 Å². The second-order valence-corrected chi connectivity index (χ2v) is 6.98. The number of nitrogens with one attached hydrogen (secondary N) is 1. The van der Waals surface area contributed by atoms with Gasteiger partial charge in [-0.2, -0.15) is 0 Å². The number of aromatic nitrogens is 2. The molecule has 0 aliphatic heterocycles. The minimum absolute atomic E-state index is 0.169. The Bertz CT molecular complexity index is 1100. The number of aryl methyl sites for hydroxylation is 2. The summed E-state index contributed by atoms with van der Waals surface area (Å²) in [5.41, 5.74) is 3.68. The molecule has 1 heterocycles. The molecule has 0 spiro atoms. The van der Waals surface area contributed by atoms with E-state index in [1.54, 1.807) is 36.3 Å². The molecule has 150 valence electrons. The SMILES string of the molecule is COCCN(Cc1nc2ccccc2c(=O)[nH]1)C(=O)/C=C/c1ccc(C)cc1C. The van der Waals surface area contributed by atoms with Crippen LogP contribution < -0.4 is 5.56 Å². The van der Waals surface area contributed by atoms with Crippen LogP contribution in [-0.4, -0.2) is 41.0 Å². The predicted molar refractivity (Wildman–Crippen MR) is 115 cm³/mol. The van der Waals surface area contributed by atoms with Crippen molar-refractivity contribution in [1.29, 1.82) is 0 Å². The Kier molecular flexibility index (Phi) is 6.57. The number of amides is 1. The maximum atomic E-state index is 12.8. The van der Waals surface area contributed by atoms with Gasteiger partial charge in [-0.15, -0.1) is 0 Å². The van der Waals surface area contributed by atoms with Crippen molar-refractivity contribution in [2.24, 2.45) is 0 Å². The zero-order valence-corrected chi connectivity index (χ0v) is 16.9. The molecule has 0 saturated heterocycles. The van der Waals surface area contributed by atoms with Crippen LogP contribution in [0.2, 0.25) is 0 Å². The number of para-hydroxylation sites is 1. The van der Waals surface area contributed by atoms with Crippen molar-refractivity contribution in [3.05, 3.63) is 81.4 Å². The van der Waals surface area contributed by atoms with Gasteiger partial charge in [0.05, 0.1) is 24.1 Å². The second-order valence-electron chi connectivity index (χ2n) is 6.98. The highest BCUT2D eigenvalue weighted by molar-refractivity contribution is 5.92. The number of rotatable bonds is 7. The van der Waals surface area contributed by atoms with Gasteiger partial charge >= 0.3 is 0 Å². The van der Waals surface area contributed by atoms with Crippen molar-refractivity contribution in [2.75, 3.05) is 20.3 Å². The highest BCUT2D eigenvalue weighted by Crippen LogP contribution is 2.13. The van der Waals surface area contributed by atoms with Crippen molar-refractivity contribution in [2.45, 2.75) is 20.4 Å². The Morgan fingerprint density at radius 3 is 2.76 bits per heavy atom. The molecule has 0 bridgehead atoms. The topological polar surface area (TPSA) is 75.3 Å². The summed E-state index contributed by atoms with van der Waals surface area (Å²) in [6, 6.07) is 13.2. The monoisotopic (exact) mass is 391 g/mol. The molecule has 0 atom stereocenters. The lowest BCUT2D eigenvalue weighted by Crippen LogP contribution is -2.33. The standard InChI is InChI=1S/C23H25N3O3/c1-16-8-9-18(17(2)14-16)10-11-22(27)26(12-13-29-3)15-21-24-20-7-5-4-6-19(20)23(28)25-21/h4-11,14H,12-13,15H2,1-3H3,(H,24,25,28)/b11-10+. The van der Waals surface area contributed by atoms with Crippen molar-refractivity contribution < 1.29 is 9.53 Å². The van der Waals surface area contributed by atoms with Crippen LogP contribution in [0.25, 0.3) is 17.0 Å². The molecule has 0 aliphatic carbocycles. The van der Waals surface area contributed by atoms with Gasteiger partial charge in [0.25, 0.3) is 5.56 Å². The molecule has 0 aliphatic rings. The summed E-state index contributed by atoms with van der Waals surface area (Å²) in [5, 5.41) is 0.528. The summed E-state index contributed by atoms with van der Waals surface area (Å²) in [6.07, 6.45) is 3.36. The Morgan fingerprint density at radius 1 is 1.21 bits per heavy atom. The molecule has 0 saturated carbocycles. The third-order valence-corrected chi connectivity index (χ3v) is 4.71. The van der Waals surface area contributed by atoms with E-state index in [4.69, 9.17) is 4.74 Å². The normalized spacial score (nSPS) is 11.3. The lowest BCUT2D eigenvalue weighted by Gasteiger charge is -2.20. The average Bonchev–Trinajstić information content (AvgIpc) is 2.70. The van der Waals surface area contributed by atoms with E-state index in [9.17, 15) is 9.59 Å². The number of ether oxygens (including phenoxy) is 1. The van der Waals surface area contributed by atoms with Gasteiger partial charge < -0.3 is 14.6 Å². The van der Waals surface area contributed by atoms with Crippen molar-refractivity contribution in [1.82, 2.24) is 14.9 Å². The summed E-state index contributed by atoms with van der Waals surface area (Å²) in [4.78, 5) is 34.0. The predicted octanol–water partition coefficient (Wildman–Crippen LogP) is 3.23. The number of benzene rings is 2. The van der Waals surface area contributed by atoms with Gasteiger partial charge in [0.2, 0.25) is 5.91 Å². The quantitative estimate of drug-likeness (QED) is 0.628. The van der Waals surface area contributed by atoms with Gasteiger partial charge in [-0.1, -0.05) is 35.9 Å². The molecule has 3 aromatic rings. The van der Waals surface area contributed by atoms with Gasteiger partial charge in [0.1, 0.15) is 5.82 Å². The number of carbonyl (C=O) groups is 1. The molecule has 1 aromatic heterocycles. The maximum Gasteiger partial charge on any atom is 0.258 e. The largest absolute Gasteiger partial charge is 0.383 e. The van der Waals surface area contributed by atoms with Crippen LogP contribution in [0.4, 0.5) is 0 Å². The first-order valence-electron chi connectivity index (χ1n) is 9.49. The third-order valence-electron chi connectivity index (χ3n) is 4.71. The summed E-state index contributed by atoms with van der Waals surface area (Å²) in [6.45, 7) is 5.03. The van der Waals surface area contributed by atoms with Crippen LogP contribution in [0.3, 0.4) is 0 Å². The first kappa shape index (κ1) is 20.5. The van der Waals surface area contributed by atoms with Gasteiger partial charge in [0, 0.05) is 19.7 Å². The lowest BCUT2D eigenvalue weighted by molar-refractivity contribution is -0.127. The molecule has 1 N–H and O–H groups in total. The van der Waals surface area contributed by atoms with Crippen LogP contribution in [-0.2, 0) is 16.1 Å². The molecule has 6 heteroatoms. The van der Waals surface area contributed by atoms with E-state index in [1.165, 1.54) is 5.56 Å². The fourth-order valence-electron chi connectivity index (χ4n) is 3.14. The van der Waals surface area contributed by atoms with Crippen LogP contribution in [0.5, 0.6) is 0 Å². The minimum atomic E-state index is -0.212. The van der Waals surface area contributed by atoms with E-state index in [0.29, 0.717) is 29.9 Å². The molecule has 1 amide bonds. The number of hydrogen-bond donors (Lipinski definition) is 1. The van der Waals surface area contributed by atoms with E-state index in [2.05, 4.69) is 16.0 Å². The van der Waals surface area contributed by atoms with Crippen molar-refractivity contribution >= 4 is 22.9 Å². The van der Waals surface area contributed by atoms with E-state index in [-0.39, 0.29) is 18.0 Å². The Labute approximate surface area is 169 Å². The number of aromatic amines is 1. The van der Waals surface area contributed by atoms with Crippen LogP contribution in [0.15, 0.2) is 53.3 Å². The van der Waals surface area contributed by atoms with Crippen molar-refractivity contribution in [3.8, 4) is 0 Å². The fraction of sp³-hybridized carbons (Fsp3) is 0.261. The highest BCUT2D eigenvalue weighted by atomic mass is 16.5. The van der Waals surface area contributed by atoms with Gasteiger partial charge in [0.15, 0.2) is 0 Å². The molecule has 0 unspecified atom stereocenters. The molecule has 2 aromatic carbocycles. The second kappa shape index (κ2) is 9.30. The summed E-state index contributed by atoms with van der Waals surface area (Å²) >= 11 is 0. The number of nitrogens with zero attached hydrogens (tertiary/aromatic N) is 2. The van der Waals surface area contributed by atoms with Gasteiger partial charge in [-0.05, 0) is 43.2 Å². The van der Waals surface area contributed by atoms with E-state index < -0.39 is 0 Å². The molecule has 0 fully saturated rings. The van der Waals surface area contributed by atoms with Crippen LogP contribution >= 0.6 is 0 Å². The van der Waals surface area contributed by atoms with E-state index >= 15 is 0 Å². The lowest BCUT2D eigenvalue weighted by atomic mass is 10.1. The van der Waals surface area contributed by atoms with E-state index in [0.717, 1.165) is 11.1 Å². The molecule has 0 radical (unpaired) electrons. The summed E-state index contributed by atoms with van der Waals surface area (Å²) in [5.74, 6) is 0.274. The summed E-state index contributed by atoms with van der Waals surface area (Å²) in [7, 11) is 1.59. The van der Waals surface area contributed by atoms with Crippen molar-refractivity contribution in [3.63, 3.8) is 0 Å². The molecule has 3 rings (SSSR count). The highest BCUT2D eigenvalue weighted by Gasteiger charge is 2.14. The fourth-order valence-corrected chi connectivity index (χ4v) is 3.14. The zero-order chi connectivity index (χ0) is 20.8. The number of methoxy groups -OCH3 is 1. The van der Waals surface area contributed by atoms with E-state index in [1.807, 2.05) is 38.1 Å². The number of hydrogen-bond acceptors (Lipinski definition) is 4. The smallest absolute Gasteiger partial charge is 0.258 e. The molecular weight excluding hydrogens is 366 g/mol. The Morgan fingerprint density at radius 2 is 2.00 bits per heavy atom. The van der Waals surface area contributed by atoms with Gasteiger partial charge in [-0.3, -0.25) is 9.59 Å². The maximum absolute atomic E-state index is 12.8. The first-order valence-corrected chi connectivity index (χ1v) is 9.49. The molecular formula is C23H25N3O3. The number of H-pyrrole nitrogens is 1. The summed E-state index contributed by atoms with van der Waals surface area (Å²) < 4.78 is 5.14. The molecule has 29 heavy (non-hydrogen) atoms. The Balaban J connectivity index is 1.82.